The first-order valence-corrected chi connectivity index (χ1v) is 8.60. The summed E-state index contributed by atoms with van der Waals surface area (Å²) in [5.74, 6) is 0.327. The molecule has 0 saturated heterocycles. The molecular formula is C19H23N5O. The average molecular weight is 337 g/mol. The van der Waals surface area contributed by atoms with Gasteiger partial charge in [-0.05, 0) is 37.5 Å². The number of para-hydroxylation sites is 1. The van der Waals surface area contributed by atoms with Crippen LogP contribution in [-0.4, -0.2) is 33.9 Å². The smallest absolute Gasteiger partial charge is 0.270 e. The van der Waals surface area contributed by atoms with Gasteiger partial charge in [0.15, 0.2) is 0 Å². The van der Waals surface area contributed by atoms with Crippen LogP contribution in [0.2, 0.25) is 0 Å². The third-order valence-electron chi connectivity index (χ3n) is 3.97. The fourth-order valence-corrected chi connectivity index (χ4v) is 2.74. The first-order chi connectivity index (χ1) is 12.2. The first-order valence-electron chi connectivity index (χ1n) is 8.60. The minimum absolute atomic E-state index is 0.176. The van der Waals surface area contributed by atoms with Crippen LogP contribution in [0.15, 0.2) is 36.5 Å². The lowest BCUT2D eigenvalue weighted by Gasteiger charge is -2.08. The summed E-state index contributed by atoms with van der Waals surface area (Å²) in [5, 5.41) is 7.26. The molecule has 3 rings (SSSR count). The molecule has 0 aliphatic carbocycles. The maximum Gasteiger partial charge on any atom is 0.270 e. The number of benzene rings is 1. The van der Waals surface area contributed by atoms with E-state index in [1.165, 1.54) is 10.9 Å². The van der Waals surface area contributed by atoms with Crippen LogP contribution >= 0.6 is 0 Å². The van der Waals surface area contributed by atoms with E-state index in [9.17, 15) is 4.79 Å². The van der Waals surface area contributed by atoms with Crippen molar-refractivity contribution in [1.82, 2.24) is 20.3 Å². The van der Waals surface area contributed by atoms with E-state index < -0.39 is 0 Å². The zero-order chi connectivity index (χ0) is 17.6. The minimum Gasteiger partial charge on any atom is -0.361 e. The summed E-state index contributed by atoms with van der Waals surface area (Å²) >= 11 is 0. The van der Waals surface area contributed by atoms with Gasteiger partial charge in [0.25, 0.3) is 5.91 Å². The monoisotopic (exact) mass is 337 g/mol. The quantitative estimate of drug-likeness (QED) is 0.619. The van der Waals surface area contributed by atoms with Crippen molar-refractivity contribution in [3.63, 3.8) is 0 Å². The molecule has 0 aliphatic heterocycles. The van der Waals surface area contributed by atoms with Crippen LogP contribution in [0.3, 0.4) is 0 Å². The molecule has 6 nitrogen and oxygen atoms in total. The van der Waals surface area contributed by atoms with Crippen molar-refractivity contribution in [2.75, 3.05) is 18.4 Å². The summed E-state index contributed by atoms with van der Waals surface area (Å²) in [4.78, 5) is 24.2. The summed E-state index contributed by atoms with van der Waals surface area (Å²) in [6.07, 6.45) is 3.74. The summed E-state index contributed by atoms with van der Waals surface area (Å²) < 4.78 is 0. The Hall–Kier alpha value is -2.89. The lowest BCUT2D eigenvalue weighted by Crippen LogP contribution is -2.27. The Morgan fingerprint density at radius 1 is 1.20 bits per heavy atom. The Morgan fingerprint density at radius 2 is 2.04 bits per heavy atom. The number of aromatic amines is 1. The number of rotatable bonds is 7. The van der Waals surface area contributed by atoms with Gasteiger partial charge in [-0.3, -0.25) is 4.79 Å². The number of carbonyl (C=O) groups excluding carboxylic acids is 1. The second kappa shape index (κ2) is 7.79. The number of fused-ring (bicyclic) bond motifs is 1. The third kappa shape index (κ3) is 4.15. The van der Waals surface area contributed by atoms with Gasteiger partial charge in [-0.15, -0.1) is 0 Å². The van der Waals surface area contributed by atoms with Crippen molar-refractivity contribution in [3.8, 4) is 0 Å². The predicted molar refractivity (Wildman–Crippen MR) is 99.9 cm³/mol. The zero-order valence-corrected chi connectivity index (χ0v) is 14.6. The molecule has 0 atom stereocenters. The van der Waals surface area contributed by atoms with Crippen LogP contribution in [0.25, 0.3) is 10.9 Å². The molecule has 1 aromatic carbocycles. The SMILES string of the molecule is CCCNc1nc(C)cc(C(=O)NCCc2c[nH]c3ccccc23)n1. The van der Waals surface area contributed by atoms with Gasteiger partial charge in [0.05, 0.1) is 0 Å². The lowest BCUT2D eigenvalue weighted by molar-refractivity contribution is 0.0949. The lowest BCUT2D eigenvalue weighted by atomic mass is 10.1. The van der Waals surface area contributed by atoms with E-state index in [1.54, 1.807) is 6.07 Å². The number of aromatic nitrogens is 3. The Kier molecular flexibility index (Phi) is 5.28. The number of H-pyrrole nitrogens is 1. The van der Waals surface area contributed by atoms with Crippen LogP contribution < -0.4 is 10.6 Å². The van der Waals surface area contributed by atoms with E-state index in [-0.39, 0.29) is 5.91 Å². The molecule has 0 saturated carbocycles. The highest BCUT2D eigenvalue weighted by Gasteiger charge is 2.10. The van der Waals surface area contributed by atoms with Crippen molar-refractivity contribution in [3.05, 3.63) is 53.5 Å². The fourth-order valence-electron chi connectivity index (χ4n) is 2.74. The Bertz CT molecular complexity index is 871. The number of nitrogens with zero attached hydrogens (tertiary/aromatic N) is 2. The van der Waals surface area contributed by atoms with Gasteiger partial charge in [0.1, 0.15) is 5.69 Å². The van der Waals surface area contributed by atoms with Gasteiger partial charge in [-0.1, -0.05) is 25.1 Å². The Morgan fingerprint density at radius 3 is 2.88 bits per heavy atom. The number of carbonyl (C=O) groups is 1. The summed E-state index contributed by atoms with van der Waals surface area (Å²) in [6.45, 7) is 5.27. The van der Waals surface area contributed by atoms with E-state index >= 15 is 0 Å². The molecule has 0 spiro atoms. The standard InChI is InChI=1S/C19H23N5O/c1-3-9-21-19-23-13(2)11-17(24-19)18(25)20-10-8-14-12-22-16-7-5-4-6-15(14)16/h4-7,11-12,22H,3,8-10H2,1-2H3,(H,20,25)(H,21,23,24). The van der Waals surface area contributed by atoms with Gasteiger partial charge in [0, 0.05) is 35.9 Å². The predicted octanol–water partition coefficient (Wildman–Crippen LogP) is 3.06. The van der Waals surface area contributed by atoms with E-state index in [0.717, 1.165) is 30.6 Å². The highest BCUT2D eigenvalue weighted by Crippen LogP contribution is 2.17. The van der Waals surface area contributed by atoms with Gasteiger partial charge in [-0.25, -0.2) is 9.97 Å². The highest BCUT2D eigenvalue weighted by atomic mass is 16.1. The molecular weight excluding hydrogens is 314 g/mol. The number of amides is 1. The van der Waals surface area contributed by atoms with Crippen LogP contribution in [0.5, 0.6) is 0 Å². The second-order valence-corrected chi connectivity index (χ2v) is 6.01. The second-order valence-electron chi connectivity index (χ2n) is 6.01. The molecule has 0 unspecified atom stereocenters. The molecule has 2 heterocycles. The molecule has 0 fully saturated rings. The number of hydrogen-bond acceptors (Lipinski definition) is 4. The van der Waals surface area contributed by atoms with Gasteiger partial charge < -0.3 is 15.6 Å². The third-order valence-corrected chi connectivity index (χ3v) is 3.97. The van der Waals surface area contributed by atoms with E-state index in [1.807, 2.05) is 31.3 Å². The topological polar surface area (TPSA) is 82.7 Å². The normalized spacial score (nSPS) is 10.8. The number of anilines is 1. The summed E-state index contributed by atoms with van der Waals surface area (Å²) in [7, 11) is 0. The molecule has 0 bridgehead atoms. The molecule has 1 amide bonds. The first kappa shape index (κ1) is 17.0. The van der Waals surface area contributed by atoms with Crippen LogP contribution in [0.4, 0.5) is 5.95 Å². The zero-order valence-electron chi connectivity index (χ0n) is 14.6. The molecule has 0 aliphatic rings. The van der Waals surface area contributed by atoms with Crippen molar-refractivity contribution in [1.29, 1.82) is 0 Å². The largest absolute Gasteiger partial charge is 0.361 e. The van der Waals surface area contributed by atoms with Gasteiger partial charge >= 0.3 is 0 Å². The highest BCUT2D eigenvalue weighted by molar-refractivity contribution is 5.92. The number of hydrogen-bond donors (Lipinski definition) is 3. The van der Waals surface area contributed by atoms with Crippen molar-refractivity contribution in [2.45, 2.75) is 26.7 Å². The van der Waals surface area contributed by atoms with Crippen LogP contribution in [0, 0.1) is 6.92 Å². The molecule has 25 heavy (non-hydrogen) atoms. The molecule has 6 heteroatoms. The maximum absolute atomic E-state index is 12.4. The Balaban J connectivity index is 1.61. The molecule has 2 aromatic heterocycles. The average Bonchev–Trinajstić information content (AvgIpc) is 3.03. The molecule has 130 valence electrons. The summed E-state index contributed by atoms with van der Waals surface area (Å²) in [6, 6.07) is 9.87. The van der Waals surface area contributed by atoms with Gasteiger partial charge in [-0.2, -0.15) is 0 Å². The van der Waals surface area contributed by atoms with Crippen molar-refractivity contribution < 1.29 is 4.79 Å². The molecule has 3 N–H and O–H groups in total. The molecule has 3 aromatic rings. The fraction of sp³-hybridized carbons (Fsp3) is 0.316. The van der Waals surface area contributed by atoms with Crippen LogP contribution in [0.1, 0.15) is 35.1 Å². The van der Waals surface area contributed by atoms with Crippen molar-refractivity contribution >= 4 is 22.8 Å². The maximum atomic E-state index is 12.4. The van der Waals surface area contributed by atoms with Gasteiger partial charge in [0.2, 0.25) is 5.95 Å². The van der Waals surface area contributed by atoms with E-state index in [0.29, 0.717) is 18.2 Å². The molecule has 0 radical (unpaired) electrons. The minimum atomic E-state index is -0.176. The number of nitrogens with one attached hydrogen (secondary N) is 3. The summed E-state index contributed by atoms with van der Waals surface area (Å²) in [5.41, 5.74) is 3.47. The van der Waals surface area contributed by atoms with E-state index in [4.69, 9.17) is 0 Å². The number of aryl methyl sites for hydroxylation is 1. The Labute approximate surface area is 147 Å². The van der Waals surface area contributed by atoms with E-state index in [2.05, 4.69) is 38.6 Å². The van der Waals surface area contributed by atoms with Crippen molar-refractivity contribution in [2.24, 2.45) is 0 Å². The van der Waals surface area contributed by atoms with Crippen LogP contribution in [-0.2, 0) is 6.42 Å².